The standard InChI is InChI=1S/C18H19N3O3/c19-18(23)13-5-7-16(21-9-1-2-10-21)15(12-13)20-17(22)8-6-14-4-3-11-24-14/h3-8,11-12H,1-2,9-10H2,(H2,19,23)(H,20,22). The highest BCUT2D eigenvalue weighted by Gasteiger charge is 2.18. The quantitative estimate of drug-likeness (QED) is 0.827. The number of nitrogens with zero attached hydrogens (tertiary/aromatic N) is 1. The molecular weight excluding hydrogens is 306 g/mol. The molecule has 1 aliphatic rings. The molecule has 1 fully saturated rings. The second-order valence-electron chi connectivity index (χ2n) is 5.63. The Labute approximate surface area is 139 Å². The summed E-state index contributed by atoms with van der Waals surface area (Å²) in [7, 11) is 0. The van der Waals surface area contributed by atoms with Gasteiger partial charge < -0.3 is 20.4 Å². The van der Waals surface area contributed by atoms with Crippen LogP contribution in [0.15, 0.2) is 47.1 Å². The monoisotopic (exact) mass is 325 g/mol. The number of nitrogens with one attached hydrogen (secondary N) is 1. The lowest BCUT2D eigenvalue weighted by Crippen LogP contribution is -2.21. The number of carbonyl (C=O) groups is 2. The highest BCUT2D eigenvalue weighted by molar-refractivity contribution is 6.05. The van der Waals surface area contributed by atoms with Gasteiger partial charge in [0.1, 0.15) is 5.76 Å². The zero-order valence-corrected chi connectivity index (χ0v) is 13.2. The smallest absolute Gasteiger partial charge is 0.248 e. The molecule has 0 aliphatic carbocycles. The zero-order valence-electron chi connectivity index (χ0n) is 13.2. The van der Waals surface area contributed by atoms with Gasteiger partial charge in [-0.15, -0.1) is 0 Å². The van der Waals surface area contributed by atoms with E-state index in [-0.39, 0.29) is 5.91 Å². The Morgan fingerprint density at radius 1 is 1.21 bits per heavy atom. The fourth-order valence-electron chi connectivity index (χ4n) is 2.74. The molecule has 6 nitrogen and oxygen atoms in total. The molecule has 124 valence electrons. The average molecular weight is 325 g/mol. The average Bonchev–Trinajstić information content (AvgIpc) is 3.26. The van der Waals surface area contributed by atoms with Gasteiger partial charge in [-0.05, 0) is 49.2 Å². The number of nitrogens with two attached hydrogens (primary N) is 1. The van der Waals surface area contributed by atoms with E-state index in [1.54, 1.807) is 36.6 Å². The van der Waals surface area contributed by atoms with Crippen LogP contribution in [0.2, 0.25) is 0 Å². The van der Waals surface area contributed by atoms with E-state index < -0.39 is 5.91 Å². The minimum atomic E-state index is -0.524. The van der Waals surface area contributed by atoms with Gasteiger partial charge in [0.2, 0.25) is 11.8 Å². The molecule has 2 heterocycles. The van der Waals surface area contributed by atoms with Crippen molar-refractivity contribution in [1.29, 1.82) is 0 Å². The van der Waals surface area contributed by atoms with Crippen LogP contribution in [0, 0.1) is 0 Å². The van der Waals surface area contributed by atoms with E-state index >= 15 is 0 Å². The third-order valence-corrected chi connectivity index (χ3v) is 3.93. The van der Waals surface area contributed by atoms with Gasteiger partial charge in [-0.3, -0.25) is 9.59 Å². The molecule has 0 saturated carbocycles. The van der Waals surface area contributed by atoms with E-state index in [2.05, 4.69) is 10.2 Å². The van der Waals surface area contributed by atoms with Crippen LogP contribution < -0.4 is 16.0 Å². The van der Waals surface area contributed by atoms with Crippen molar-refractivity contribution in [3.05, 3.63) is 54.0 Å². The molecule has 1 aromatic heterocycles. The molecule has 2 aromatic rings. The Hall–Kier alpha value is -3.02. The summed E-state index contributed by atoms with van der Waals surface area (Å²) < 4.78 is 5.15. The fraction of sp³-hybridized carbons (Fsp3) is 0.222. The number of primary amides is 1. The van der Waals surface area contributed by atoms with Gasteiger partial charge in [0.25, 0.3) is 0 Å². The summed E-state index contributed by atoms with van der Waals surface area (Å²) >= 11 is 0. The summed E-state index contributed by atoms with van der Waals surface area (Å²) in [6.45, 7) is 1.86. The molecule has 1 aromatic carbocycles. The molecule has 0 unspecified atom stereocenters. The predicted molar refractivity (Wildman–Crippen MR) is 92.8 cm³/mol. The second-order valence-corrected chi connectivity index (χ2v) is 5.63. The van der Waals surface area contributed by atoms with E-state index in [9.17, 15) is 9.59 Å². The van der Waals surface area contributed by atoms with E-state index in [1.165, 1.54) is 6.08 Å². The number of carbonyl (C=O) groups excluding carboxylic acids is 2. The Morgan fingerprint density at radius 2 is 2.00 bits per heavy atom. The van der Waals surface area contributed by atoms with Crippen molar-refractivity contribution in [3.8, 4) is 0 Å². The van der Waals surface area contributed by atoms with Crippen molar-refractivity contribution < 1.29 is 14.0 Å². The van der Waals surface area contributed by atoms with E-state index in [4.69, 9.17) is 10.2 Å². The summed E-state index contributed by atoms with van der Waals surface area (Å²) in [4.78, 5) is 25.8. The van der Waals surface area contributed by atoms with Gasteiger partial charge in [0, 0.05) is 24.7 Å². The van der Waals surface area contributed by atoms with Crippen LogP contribution in [-0.2, 0) is 4.79 Å². The first-order chi connectivity index (χ1) is 11.6. The molecular formula is C18H19N3O3. The normalized spacial score (nSPS) is 14.2. The molecule has 1 aliphatic heterocycles. The minimum absolute atomic E-state index is 0.298. The molecule has 0 spiro atoms. The Balaban J connectivity index is 1.82. The summed E-state index contributed by atoms with van der Waals surface area (Å²) in [5.74, 6) is -0.228. The van der Waals surface area contributed by atoms with Crippen molar-refractivity contribution in [2.75, 3.05) is 23.3 Å². The van der Waals surface area contributed by atoms with Crippen LogP contribution in [0.4, 0.5) is 11.4 Å². The summed E-state index contributed by atoms with van der Waals surface area (Å²) in [6, 6.07) is 8.64. The molecule has 0 radical (unpaired) electrons. The van der Waals surface area contributed by atoms with Crippen molar-refractivity contribution in [3.63, 3.8) is 0 Å². The van der Waals surface area contributed by atoms with E-state index in [1.807, 2.05) is 6.07 Å². The van der Waals surface area contributed by atoms with Gasteiger partial charge in [-0.1, -0.05) is 0 Å². The van der Waals surface area contributed by atoms with Crippen LogP contribution >= 0.6 is 0 Å². The summed E-state index contributed by atoms with van der Waals surface area (Å²) in [5, 5.41) is 2.83. The number of hydrogen-bond donors (Lipinski definition) is 2. The molecule has 1 saturated heterocycles. The van der Waals surface area contributed by atoms with Gasteiger partial charge in [0.15, 0.2) is 0 Å². The van der Waals surface area contributed by atoms with Gasteiger partial charge in [0.05, 0.1) is 17.6 Å². The lowest BCUT2D eigenvalue weighted by molar-refractivity contribution is -0.111. The van der Waals surface area contributed by atoms with Gasteiger partial charge in [-0.2, -0.15) is 0 Å². The number of benzene rings is 1. The molecule has 3 N–H and O–H groups in total. The molecule has 6 heteroatoms. The molecule has 3 rings (SSSR count). The molecule has 0 atom stereocenters. The zero-order chi connectivity index (χ0) is 16.9. The third-order valence-electron chi connectivity index (χ3n) is 3.93. The molecule has 0 bridgehead atoms. The van der Waals surface area contributed by atoms with Crippen LogP contribution in [-0.4, -0.2) is 24.9 Å². The Morgan fingerprint density at radius 3 is 2.67 bits per heavy atom. The van der Waals surface area contributed by atoms with E-state index in [0.717, 1.165) is 31.6 Å². The first-order valence-corrected chi connectivity index (χ1v) is 7.85. The maximum atomic E-state index is 12.2. The highest BCUT2D eigenvalue weighted by Crippen LogP contribution is 2.30. The number of hydrogen-bond acceptors (Lipinski definition) is 4. The maximum absolute atomic E-state index is 12.2. The predicted octanol–water partition coefficient (Wildman–Crippen LogP) is 2.63. The molecule has 24 heavy (non-hydrogen) atoms. The summed E-state index contributed by atoms with van der Waals surface area (Å²) in [6.07, 6.45) is 6.75. The lowest BCUT2D eigenvalue weighted by Gasteiger charge is -2.21. The van der Waals surface area contributed by atoms with Crippen molar-refractivity contribution in [2.24, 2.45) is 5.73 Å². The number of anilines is 2. The van der Waals surface area contributed by atoms with Gasteiger partial charge in [-0.25, -0.2) is 0 Å². The molecule has 2 amide bonds. The lowest BCUT2D eigenvalue weighted by atomic mass is 10.1. The van der Waals surface area contributed by atoms with Crippen LogP contribution in [0.3, 0.4) is 0 Å². The summed E-state index contributed by atoms with van der Waals surface area (Å²) in [5.41, 5.74) is 7.20. The number of furan rings is 1. The maximum Gasteiger partial charge on any atom is 0.248 e. The Bertz CT molecular complexity index is 760. The topological polar surface area (TPSA) is 88.6 Å². The first-order valence-electron chi connectivity index (χ1n) is 7.85. The van der Waals surface area contributed by atoms with Crippen molar-refractivity contribution in [2.45, 2.75) is 12.8 Å². The van der Waals surface area contributed by atoms with Crippen molar-refractivity contribution >= 4 is 29.3 Å². The highest BCUT2D eigenvalue weighted by atomic mass is 16.3. The SMILES string of the molecule is NC(=O)c1ccc(N2CCCC2)c(NC(=O)C=Cc2ccco2)c1. The first kappa shape index (κ1) is 15.9. The van der Waals surface area contributed by atoms with Crippen LogP contribution in [0.1, 0.15) is 29.0 Å². The van der Waals surface area contributed by atoms with Crippen LogP contribution in [0.5, 0.6) is 0 Å². The van der Waals surface area contributed by atoms with Gasteiger partial charge >= 0.3 is 0 Å². The van der Waals surface area contributed by atoms with Crippen molar-refractivity contribution in [1.82, 2.24) is 0 Å². The van der Waals surface area contributed by atoms with Crippen LogP contribution in [0.25, 0.3) is 6.08 Å². The largest absolute Gasteiger partial charge is 0.465 e. The second kappa shape index (κ2) is 7.04. The van der Waals surface area contributed by atoms with E-state index in [0.29, 0.717) is 17.0 Å². The fourth-order valence-corrected chi connectivity index (χ4v) is 2.74. The number of amides is 2. The number of rotatable bonds is 5. The minimum Gasteiger partial charge on any atom is -0.465 e. The third kappa shape index (κ3) is 3.65. The Kier molecular flexibility index (Phi) is 4.65.